The number of hydrogen-bond donors (Lipinski definition) is 2. The highest BCUT2D eigenvalue weighted by atomic mass is 15.3. The second-order valence-electron chi connectivity index (χ2n) is 10.3. The van der Waals surface area contributed by atoms with Crippen LogP contribution in [0.25, 0.3) is 11.4 Å². The molecule has 36 heavy (non-hydrogen) atoms. The first kappa shape index (κ1) is 24.5. The second-order valence-corrected chi connectivity index (χ2v) is 10.3. The molecule has 4 aromatic rings. The molecule has 4 nitrogen and oxygen atoms in total. The van der Waals surface area contributed by atoms with Crippen molar-refractivity contribution < 1.29 is 0 Å². The van der Waals surface area contributed by atoms with Crippen LogP contribution in [0.5, 0.6) is 0 Å². The fourth-order valence-electron chi connectivity index (χ4n) is 6.04. The molecule has 0 amide bonds. The van der Waals surface area contributed by atoms with E-state index in [0.717, 1.165) is 44.0 Å². The van der Waals surface area contributed by atoms with Gasteiger partial charge in [-0.25, -0.2) is 4.98 Å². The third-order valence-electron chi connectivity index (χ3n) is 7.90. The number of aryl methyl sites for hydroxylation is 1. The quantitative estimate of drug-likeness (QED) is 0.309. The Labute approximate surface area is 215 Å². The molecule has 1 aromatic heterocycles. The second kappa shape index (κ2) is 10.8. The van der Waals surface area contributed by atoms with Crippen molar-refractivity contribution in [1.82, 2.24) is 20.2 Å². The van der Waals surface area contributed by atoms with E-state index in [9.17, 15) is 0 Å². The number of rotatable bonds is 8. The zero-order valence-electron chi connectivity index (χ0n) is 21.7. The van der Waals surface area contributed by atoms with E-state index in [-0.39, 0.29) is 11.5 Å². The maximum absolute atomic E-state index is 5.37. The molecular formula is C32H38N4. The number of benzene rings is 3. The lowest BCUT2D eigenvalue weighted by Crippen LogP contribution is -2.57. The Balaban J connectivity index is 1.68. The van der Waals surface area contributed by atoms with Crippen LogP contribution in [0.15, 0.2) is 91.0 Å². The van der Waals surface area contributed by atoms with E-state index >= 15 is 0 Å². The minimum atomic E-state index is -0.216. The van der Waals surface area contributed by atoms with Crippen molar-refractivity contribution in [3.05, 3.63) is 114 Å². The topological polar surface area (TPSA) is 44.0 Å². The summed E-state index contributed by atoms with van der Waals surface area (Å²) in [5.41, 5.74) is 6.00. The highest BCUT2D eigenvalue weighted by Gasteiger charge is 2.46. The van der Waals surface area contributed by atoms with Gasteiger partial charge in [-0.2, -0.15) is 0 Å². The fourth-order valence-corrected chi connectivity index (χ4v) is 6.04. The first-order chi connectivity index (χ1) is 17.6. The van der Waals surface area contributed by atoms with E-state index in [4.69, 9.17) is 4.98 Å². The first-order valence-electron chi connectivity index (χ1n) is 13.3. The van der Waals surface area contributed by atoms with Crippen LogP contribution < -0.4 is 5.32 Å². The minimum Gasteiger partial charge on any atom is -0.342 e. The van der Waals surface area contributed by atoms with Crippen molar-refractivity contribution >= 4 is 0 Å². The molecule has 1 aliphatic rings. The summed E-state index contributed by atoms with van der Waals surface area (Å²) >= 11 is 0. The van der Waals surface area contributed by atoms with Crippen LogP contribution in [0.4, 0.5) is 0 Å². The predicted molar refractivity (Wildman–Crippen MR) is 149 cm³/mol. The van der Waals surface area contributed by atoms with E-state index in [1.807, 2.05) is 0 Å². The van der Waals surface area contributed by atoms with Crippen LogP contribution in [0.2, 0.25) is 0 Å². The maximum atomic E-state index is 5.37. The van der Waals surface area contributed by atoms with Crippen molar-refractivity contribution in [2.75, 3.05) is 26.2 Å². The highest BCUT2D eigenvalue weighted by Crippen LogP contribution is 2.47. The standard InChI is InChI=1S/C32H38N4/c1-24(2)32(36-21-19-33-20-22-36,30-25(3)34-31(35-30)28-17-11-6-12-18-28)23-29(26-13-7-4-8-14-26)27-15-9-5-10-16-27/h4-18,24,29,33H,19-23H2,1-3H3,(H,34,35). The molecule has 1 fully saturated rings. The average Bonchev–Trinajstić information content (AvgIpc) is 3.33. The van der Waals surface area contributed by atoms with Gasteiger partial charge in [0.05, 0.1) is 11.2 Å². The third-order valence-corrected chi connectivity index (χ3v) is 7.90. The summed E-state index contributed by atoms with van der Waals surface area (Å²) in [7, 11) is 0. The molecule has 2 N–H and O–H groups in total. The molecule has 2 heterocycles. The zero-order chi connectivity index (χ0) is 25.0. The Morgan fingerprint density at radius 2 is 1.33 bits per heavy atom. The van der Waals surface area contributed by atoms with Gasteiger partial charge in [0.15, 0.2) is 0 Å². The number of piperazine rings is 1. The number of H-pyrrole nitrogens is 1. The van der Waals surface area contributed by atoms with Crippen LogP contribution in [0.3, 0.4) is 0 Å². The number of imidazole rings is 1. The van der Waals surface area contributed by atoms with Crippen molar-refractivity contribution in [1.29, 1.82) is 0 Å². The van der Waals surface area contributed by atoms with Gasteiger partial charge >= 0.3 is 0 Å². The van der Waals surface area contributed by atoms with E-state index < -0.39 is 0 Å². The lowest BCUT2D eigenvalue weighted by Gasteiger charge is -2.50. The van der Waals surface area contributed by atoms with Gasteiger partial charge in [-0.15, -0.1) is 0 Å². The molecule has 0 spiro atoms. The summed E-state index contributed by atoms with van der Waals surface area (Å²) in [5, 5.41) is 3.57. The van der Waals surface area contributed by atoms with Crippen LogP contribution in [0, 0.1) is 12.8 Å². The SMILES string of the molecule is Cc1[nH]c(-c2ccccc2)nc1C(CC(c1ccccc1)c1ccccc1)(C(C)C)N1CCNCC1. The van der Waals surface area contributed by atoms with Gasteiger partial charge in [0.1, 0.15) is 5.82 Å². The molecule has 1 saturated heterocycles. The molecule has 0 radical (unpaired) electrons. The minimum absolute atomic E-state index is 0.216. The van der Waals surface area contributed by atoms with Gasteiger partial charge < -0.3 is 10.3 Å². The molecule has 0 bridgehead atoms. The van der Waals surface area contributed by atoms with E-state index in [0.29, 0.717) is 5.92 Å². The van der Waals surface area contributed by atoms with Crippen molar-refractivity contribution in [2.24, 2.45) is 5.92 Å². The summed E-state index contributed by atoms with van der Waals surface area (Å²) in [4.78, 5) is 11.7. The van der Waals surface area contributed by atoms with Crippen LogP contribution in [0.1, 0.15) is 48.7 Å². The molecule has 3 aromatic carbocycles. The molecule has 0 aliphatic carbocycles. The number of hydrogen-bond acceptors (Lipinski definition) is 3. The molecule has 1 unspecified atom stereocenters. The molecule has 1 aliphatic heterocycles. The Morgan fingerprint density at radius 1 is 0.806 bits per heavy atom. The van der Waals surface area contributed by atoms with Crippen LogP contribution >= 0.6 is 0 Å². The Kier molecular flexibility index (Phi) is 7.35. The van der Waals surface area contributed by atoms with Crippen molar-refractivity contribution in [3.63, 3.8) is 0 Å². The van der Waals surface area contributed by atoms with Crippen LogP contribution in [-0.2, 0) is 5.54 Å². The largest absolute Gasteiger partial charge is 0.342 e. The lowest BCUT2D eigenvalue weighted by atomic mass is 9.71. The first-order valence-corrected chi connectivity index (χ1v) is 13.3. The van der Waals surface area contributed by atoms with Gasteiger partial charge in [-0.1, -0.05) is 105 Å². The Hall–Kier alpha value is -3.21. The monoisotopic (exact) mass is 478 g/mol. The van der Waals surface area contributed by atoms with Gasteiger partial charge in [0.2, 0.25) is 0 Å². The molecular weight excluding hydrogens is 440 g/mol. The normalized spacial score (nSPS) is 16.4. The van der Waals surface area contributed by atoms with Gasteiger partial charge in [0, 0.05) is 43.4 Å². The maximum Gasteiger partial charge on any atom is 0.137 e. The van der Waals surface area contributed by atoms with Crippen molar-refractivity contribution in [2.45, 2.75) is 38.6 Å². The van der Waals surface area contributed by atoms with E-state index in [1.165, 1.54) is 22.5 Å². The Morgan fingerprint density at radius 3 is 1.86 bits per heavy atom. The fraction of sp³-hybridized carbons (Fsp3) is 0.344. The van der Waals surface area contributed by atoms with Crippen LogP contribution in [-0.4, -0.2) is 41.0 Å². The van der Waals surface area contributed by atoms with E-state index in [1.54, 1.807) is 0 Å². The van der Waals surface area contributed by atoms with Crippen molar-refractivity contribution in [3.8, 4) is 11.4 Å². The van der Waals surface area contributed by atoms with Gasteiger partial charge in [0.25, 0.3) is 0 Å². The predicted octanol–water partition coefficient (Wildman–Crippen LogP) is 6.36. The summed E-state index contributed by atoms with van der Waals surface area (Å²) < 4.78 is 0. The smallest absolute Gasteiger partial charge is 0.137 e. The molecule has 0 saturated carbocycles. The third kappa shape index (κ3) is 4.76. The molecule has 4 heteroatoms. The van der Waals surface area contributed by atoms with E-state index in [2.05, 4.69) is 127 Å². The number of aromatic amines is 1. The number of nitrogens with zero attached hydrogens (tertiary/aromatic N) is 2. The number of aromatic nitrogens is 2. The lowest BCUT2D eigenvalue weighted by molar-refractivity contribution is 0.0143. The molecule has 1 atom stereocenters. The Bertz CT molecular complexity index is 1190. The average molecular weight is 479 g/mol. The summed E-state index contributed by atoms with van der Waals surface area (Å²) in [6.45, 7) is 11.0. The number of nitrogens with one attached hydrogen (secondary N) is 2. The van der Waals surface area contributed by atoms with Gasteiger partial charge in [-0.05, 0) is 30.4 Å². The zero-order valence-corrected chi connectivity index (χ0v) is 21.7. The summed E-state index contributed by atoms with van der Waals surface area (Å²) in [6, 6.07) is 32.5. The van der Waals surface area contributed by atoms with Gasteiger partial charge in [-0.3, -0.25) is 4.90 Å². The molecule has 5 rings (SSSR count). The molecule has 186 valence electrons. The summed E-state index contributed by atoms with van der Waals surface area (Å²) in [5.74, 6) is 1.59. The highest BCUT2D eigenvalue weighted by molar-refractivity contribution is 5.56. The summed E-state index contributed by atoms with van der Waals surface area (Å²) in [6.07, 6.45) is 0.971.